The molecular weight excluding hydrogens is 641 g/mol. The summed E-state index contributed by atoms with van der Waals surface area (Å²) in [6.45, 7) is 8.71. The summed E-state index contributed by atoms with van der Waals surface area (Å²) in [5.74, 6) is -0.903. The number of hydrogen-bond donors (Lipinski definition) is 1. The van der Waals surface area contributed by atoms with Gasteiger partial charge < -0.3 is 10.2 Å². The van der Waals surface area contributed by atoms with Crippen LogP contribution in [0.1, 0.15) is 43.0 Å². The van der Waals surface area contributed by atoms with Crippen LogP contribution in [0.2, 0.25) is 10.0 Å². The van der Waals surface area contributed by atoms with E-state index in [-0.39, 0.29) is 23.8 Å². The average Bonchev–Trinajstić information content (AvgIpc) is 2.98. The number of carbonyl (C=O) groups excluding carboxylic acids is 2. The van der Waals surface area contributed by atoms with E-state index in [0.717, 1.165) is 21.0 Å². The number of anilines is 1. The smallest absolute Gasteiger partial charge is 0.264 e. The van der Waals surface area contributed by atoms with Crippen LogP contribution in [0, 0.1) is 13.8 Å². The van der Waals surface area contributed by atoms with Gasteiger partial charge in [-0.3, -0.25) is 13.9 Å². The number of carbonyl (C=O) groups is 2. The van der Waals surface area contributed by atoms with Gasteiger partial charge >= 0.3 is 0 Å². The largest absolute Gasteiger partial charge is 0.350 e. The maximum atomic E-state index is 14.6. The molecule has 2 amide bonds. The summed E-state index contributed by atoms with van der Waals surface area (Å²) in [5.41, 5.74) is 2.78. The van der Waals surface area contributed by atoms with E-state index in [2.05, 4.69) is 5.32 Å². The molecule has 7 nitrogen and oxygen atoms in total. The van der Waals surface area contributed by atoms with Crippen LogP contribution in [0.3, 0.4) is 0 Å². The highest BCUT2D eigenvalue weighted by Crippen LogP contribution is 2.30. The van der Waals surface area contributed by atoms with Crippen molar-refractivity contribution >= 4 is 50.7 Å². The van der Waals surface area contributed by atoms with E-state index < -0.39 is 34.1 Å². The zero-order chi connectivity index (χ0) is 33.6. The fraction of sp³-hybridized carbons (Fsp3) is 0.278. The molecule has 46 heavy (non-hydrogen) atoms. The lowest BCUT2D eigenvalue weighted by Crippen LogP contribution is -2.56. The molecule has 0 saturated carbocycles. The summed E-state index contributed by atoms with van der Waals surface area (Å²) in [5, 5.41) is 4.00. The number of hydrogen-bond acceptors (Lipinski definition) is 4. The molecule has 0 spiro atoms. The van der Waals surface area contributed by atoms with Gasteiger partial charge in [0.25, 0.3) is 10.0 Å². The van der Waals surface area contributed by atoms with E-state index in [4.69, 9.17) is 23.2 Å². The second-order valence-electron chi connectivity index (χ2n) is 12.3. The molecule has 0 aliphatic heterocycles. The van der Waals surface area contributed by atoms with Gasteiger partial charge in [0.05, 0.1) is 10.6 Å². The monoisotopic (exact) mass is 679 g/mol. The summed E-state index contributed by atoms with van der Waals surface area (Å²) >= 11 is 12.4. The Kier molecular flexibility index (Phi) is 11.2. The molecule has 4 rings (SSSR count). The second-order valence-corrected chi connectivity index (χ2v) is 15.1. The Labute approximate surface area is 282 Å². The van der Waals surface area contributed by atoms with Gasteiger partial charge in [-0.2, -0.15) is 0 Å². The number of nitrogens with zero attached hydrogens (tertiary/aromatic N) is 2. The van der Waals surface area contributed by atoms with Gasteiger partial charge in [-0.05, 0) is 93.8 Å². The molecule has 1 N–H and O–H groups in total. The molecule has 1 atom stereocenters. The third-order valence-electron chi connectivity index (χ3n) is 7.35. The minimum absolute atomic E-state index is 0.0378. The minimum atomic E-state index is -4.22. The summed E-state index contributed by atoms with van der Waals surface area (Å²) in [6, 6.07) is 26.8. The Morgan fingerprint density at radius 1 is 0.804 bits per heavy atom. The van der Waals surface area contributed by atoms with E-state index in [1.54, 1.807) is 61.5 Å². The van der Waals surface area contributed by atoms with E-state index in [0.29, 0.717) is 21.3 Å². The quantitative estimate of drug-likeness (QED) is 0.179. The van der Waals surface area contributed by atoms with Crippen LogP contribution in [-0.4, -0.2) is 43.3 Å². The number of aryl methyl sites for hydroxylation is 2. The molecule has 0 heterocycles. The molecule has 0 fully saturated rings. The summed E-state index contributed by atoms with van der Waals surface area (Å²) in [7, 11) is -4.22. The van der Waals surface area contributed by atoms with Gasteiger partial charge in [-0.1, -0.05) is 83.4 Å². The Morgan fingerprint density at radius 2 is 1.41 bits per heavy atom. The Morgan fingerprint density at radius 3 is 2.00 bits per heavy atom. The number of rotatable bonds is 11. The number of nitrogens with one attached hydrogen (secondary N) is 1. The highest BCUT2D eigenvalue weighted by atomic mass is 35.5. The van der Waals surface area contributed by atoms with Crippen LogP contribution in [0.5, 0.6) is 0 Å². The third-order valence-corrected chi connectivity index (χ3v) is 9.61. The van der Waals surface area contributed by atoms with Crippen molar-refractivity contribution in [1.29, 1.82) is 0 Å². The molecule has 4 aromatic carbocycles. The van der Waals surface area contributed by atoms with Crippen molar-refractivity contribution in [2.75, 3.05) is 10.8 Å². The Bertz CT molecular complexity index is 1770. The number of sulfonamides is 1. The van der Waals surface area contributed by atoms with E-state index in [9.17, 15) is 18.0 Å². The molecule has 1 unspecified atom stereocenters. The standard InChI is InChI=1S/C36H39Cl2N3O4S/c1-25-11-18-31(19-12-25)46(44,45)41(32-20-17-30(38)21-26(32)2)24-34(42)40(23-28-13-15-29(37)16-14-28)33(35(43)39-36(3,4)5)22-27-9-7-6-8-10-27/h6-21,33H,22-24H2,1-5H3,(H,39,43). The van der Waals surface area contributed by atoms with E-state index in [1.807, 2.05) is 58.0 Å². The maximum Gasteiger partial charge on any atom is 0.264 e. The Balaban J connectivity index is 1.84. The normalized spacial score (nSPS) is 12.3. The fourth-order valence-corrected chi connectivity index (χ4v) is 6.87. The first-order valence-corrected chi connectivity index (χ1v) is 17.1. The lowest BCUT2D eigenvalue weighted by atomic mass is 10.0. The van der Waals surface area contributed by atoms with Crippen LogP contribution in [0.15, 0.2) is 102 Å². The van der Waals surface area contributed by atoms with Crippen molar-refractivity contribution in [3.63, 3.8) is 0 Å². The van der Waals surface area contributed by atoms with Crippen LogP contribution < -0.4 is 9.62 Å². The van der Waals surface area contributed by atoms with Gasteiger partial charge in [0.2, 0.25) is 11.8 Å². The zero-order valence-corrected chi connectivity index (χ0v) is 29.0. The zero-order valence-electron chi connectivity index (χ0n) is 26.6. The van der Waals surface area contributed by atoms with Crippen LogP contribution in [0.4, 0.5) is 5.69 Å². The molecule has 0 aliphatic carbocycles. The number of amides is 2. The first kappa shape index (κ1) is 35.0. The molecule has 0 saturated heterocycles. The predicted octanol–water partition coefficient (Wildman–Crippen LogP) is 7.36. The van der Waals surface area contributed by atoms with Crippen molar-refractivity contribution in [2.24, 2.45) is 0 Å². The molecule has 0 aromatic heterocycles. The number of halogens is 2. The van der Waals surface area contributed by atoms with Gasteiger partial charge in [0.15, 0.2) is 0 Å². The second kappa shape index (κ2) is 14.7. The van der Waals surface area contributed by atoms with Gasteiger partial charge in [0.1, 0.15) is 12.6 Å². The van der Waals surface area contributed by atoms with Crippen molar-refractivity contribution in [3.8, 4) is 0 Å². The van der Waals surface area contributed by atoms with Crippen molar-refractivity contribution in [2.45, 2.75) is 64.1 Å². The minimum Gasteiger partial charge on any atom is -0.350 e. The molecule has 4 aromatic rings. The van der Waals surface area contributed by atoms with Gasteiger partial charge in [0, 0.05) is 28.5 Å². The summed E-state index contributed by atoms with van der Waals surface area (Å²) in [4.78, 5) is 30.1. The SMILES string of the molecule is Cc1ccc(S(=O)(=O)N(CC(=O)N(Cc2ccc(Cl)cc2)C(Cc2ccccc2)C(=O)NC(C)(C)C)c2ccc(Cl)cc2C)cc1. The predicted molar refractivity (Wildman–Crippen MR) is 186 cm³/mol. The van der Waals surface area contributed by atoms with E-state index in [1.165, 1.54) is 17.0 Å². The fourth-order valence-electron chi connectivity index (χ4n) is 5.04. The van der Waals surface area contributed by atoms with E-state index >= 15 is 0 Å². The summed E-state index contributed by atoms with van der Waals surface area (Å²) in [6.07, 6.45) is 0.215. The molecule has 0 bridgehead atoms. The van der Waals surface area contributed by atoms with Crippen LogP contribution in [-0.2, 0) is 32.6 Å². The number of benzene rings is 4. The topological polar surface area (TPSA) is 86.8 Å². The molecular formula is C36H39Cl2N3O4S. The van der Waals surface area contributed by atoms with Gasteiger partial charge in [-0.25, -0.2) is 8.42 Å². The highest BCUT2D eigenvalue weighted by Gasteiger charge is 2.36. The molecule has 0 radical (unpaired) electrons. The summed E-state index contributed by atoms with van der Waals surface area (Å²) < 4.78 is 29.6. The molecule has 242 valence electrons. The maximum absolute atomic E-state index is 14.6. The van der Waals surface area contributed by atoms with Crippen molar-refractivity contribution in [3.05, 3.63) is 129 Å². The van der Waals surface area contributed by atoms with Crippen molar-refractivity contribution in [1.82, 2.24) is 10.2 Å². The van der Waals surface area contributed by atoms with Crippen LogP contribution in [0.25, 0.3) is 0 Å². The average molecular weight is 681 g/mol. The van der Waals surface area contributed by atoms with Gasteiger partial charge in [-0.15, -0.1) is 0 Å². The highest BCUT2D eigenvalue weighted by molar-refractivity contribution is 7.92. The lowest BCUT2D eigenvalue weighted by molar-refractivity contribution is -0.140. The Hall–Kier alpha value is -3.85. The first-order valence-electron chi connectivity index (χ1n) is 14.9. The van der Waals surface area contributed by atoms with Crippen LogP contribution >= 0.6 is 23.2 Å². The third kappa shape index (κ3) is 9.12. The first-order chi connectivity index (χ1) is 21.6. The lowest BCUT2D eigenvalue weighted by Gasteiger charge is -2.35. The van der Waals surface area contributed by atoms with Crippen molar-refractivity contribution < 1.29 is 18.0 Å². The molecule has 0 aliphatic rings. The molecule has 10 heteroatoms.